The van der Waals surface area contributed by atoms with Crippen LogP contribution in [-0.4, -0.2) is 7.11 Å². The Labute approximate surface area is 136 Å². The highest BCUT2D eigenvalue weighted by molar-refractivity contribution is 9.10. The number of alkyl halides is 1. The zero-order valence-corrected chi connectivity index (χ0v) is 14.6. The molecule has 2 rings (SSSR count). The molecule has 0 aliphatic rings. The fourth-order valence-corrected chi connectivity index (χ4v) is 3.11. The molecule has 2 aromatic rings. The first-order valence-electron chi connectivity index (χ1n) is 6.25. The molecule has 0 fully saturated rings. The number of rotatable bonds is 5. The van der Waals surface area contributed by atoms with Gasteiger partial charge in [-0.1, -0.05) is 50.1 Å². The van der Waals surface area contributed by atoms with Crippen molar-refractivity contribution >= 4 is 31.9 Å². The minimum Gasteiger partial charge on any atom is -0.496 e. The van der Waals surface area contributed by atoms with Crippen LogP contribution >= 0.6 is 31.9 Å². The minimum atomic E-state index is 0.493. The lowest BCUT2D eigenvalue weighted by Gasteiger charge is -2.15. The molecular formula is C16H16Br2O2. The van der Waals surface area contributed by atoms with Crippen LogP contribution in [0.15, 0.2) is 40.9 Å². The molecule has 0 unspecified atom stereocenters. The molecule has 2 aromatic carbocycles. The average molecular weight is 400 g/mol. The third-order valence-electron chi connectivity index (χ3n) is 3.02. The molecule has 0 radical (unpaired) electrons. The summed E-state index contributed by atoms with van der Waals surface area (Å²) >= 11 is 7.02. The van der Waals surface area contributed by atoms with Crippen LogP contribution < -0.4 is 9.47 Å². The van der Waals surface area contributed by atoms with Crippen LogP contribution in [0.3, 0.4) is 0 Å². The predicted molar refractivity (Wildman–Crippen MR) is 88.8 cm³/mol. The van der Waals surface area contributed by atoms with Crippen LogP contribution in [0.1, 0.15) is 16.7 Å². The van der Waals surface area contributed by atoms with Crippen molar-refractivity contribution in [1.82, 2.24) is 0 Å². The van der Waals surface area contributed by atoms with Gasteiger partial charge < -0.3 is 9.47 Å². The van der Waals surface area contributed by atoms with Crippen molar-refractivity contribution in [2.24, 2.45) is 0 Å². The van der Waals surface area contributed by atoms with Crippen molar-refractivity contribution in [2.75, 3.05) is 7.11 Å². The van der Waals surface area contributed by atoms with Gasteiger partial charge in [-0.3, -0.25) is 0 Å². The van der Waals surface area contributed by atoms with Gasteiger partial charge in [-0.05, 0) is 30.7 Å². The van der Waals surface area contributed by atoms with Gasteiger partial charge in [-0.2, -0.15) is 0 Å². The van der Waals surface area contributed by atoms with E-state index in [1.165, 1.54) is 0 Å². The summed E-state index contributed by atoms with van der Waals surface area (Å²) in [4.78, 5) is 0. The molecule has 106 valence electrons. The van der Waals surface area contributed by atoms with E-state index < -0.39 is 0 Å². The number of methoxy groups -OCH3 is 1. The topological polar surface area (TPSA) is 18.5 Å². The fraction of sp³-hybridized carbons (Fsp3) is 0.250. The van der Waals surface area contributed by atoms with E-state index in [9.17, 15) is 0 Å². The summed E-state index contributed by atoms with van der Waals surface area (Å²) in [5.41, 5.74) is 3.29. The maximum absolute atomic E-state index is 6.01. The normalized spacial score (nSPS) is 10.4. The van der Waals surface area contributed by atoms with Crippen molar-refractivity contribution in [1.29, 1.82) is 0 Å². The summed E-state index contributed by atoms with van der Waals surface area (Å²) in [6, 6.07) is 12.0. The highest BCUT2D eigenvalue weighted by Crippen LogP contribution is 2.31. The second-order valence-corrected chi connectivity index (χ2v) is 5.92. The maximum Gasteiger partial charge on any atom is 0.126 e. The second kappa shape index (κ2) is 7.14. The lowest BCUT2D eigenvalue weighted by atomic mass is 10.1. The van der Waals surface area contributed by atoms with Gasteiger partial charge in [0.2, 0.25) is 0 Å². The summed E-state index contributed by atoms with van der Waals surface area (Å²) < 4.78 is 12.4. The molecule has 20 heavy (non-hydrogen) atoms. The van der Waals surface area contributed by atoms with Crippen molar-refractivity contribution in [2.45, 2.75) is 18.9 Å². The number of hydrogen-bond donors (Lipinski definition) is 0. The van der Waals surface area contributed by atoms with E-state index in [1.54, 1.807) is 7.11 Å². The average Bonchev–Trinajstić information content (AvgIpc) is 2.45. The number of hydrogen-bond acceptors (Lipinski definition) is 2. The lowest BCUT2D eigenvalue weighted by molar-refractivity contribution is 0.292. The largest absolute Gasteiger partial charge is 0.496 e. The van der Waals surface area contributed by atoms with Gasteiger partial charge in [0.25, 0.3) is 0 Å². The first kappa shape index (κ1) is 15.4. The van der Waals surface area contributed by atoms with E-state index >= 15 is 0 Å². The van der Waals surface area contributed by atoms with Gasteiger partial charge >= 0.3 is 0 Å². The molecule has 4 heteroatoms. The van der Waals surface area contributed by atoms with Gasteiger partial charge in [0.15, 0.2) is 0 Å². The smallest absolute Gasteiger partial charge is 0.126 e. The van der Waals surface area contributed by atoms with E-state index in [0.717, 1.165) is 38.0 Å². The lowest BCUT2D eigenvalue weighted by Crippen LogP contribution is -2.02. The number of halogens is 2. The summed E-state index contributed by atoms with van der Waals surface area (Å²) in [7, 11) is 1.67. The minimum absolute atomic E-state index is 0.493. The number of para-hydroxylation sites is 1. The molecule has 0 bridgehead atoms. The van der Waals surface area contributed by atoms with E-state index in [4.69, 9.17) is 9.47 Å². The first-order valence-corrected chi connectivity index (χ1v) is 8.17. The number of aryl methyl sites for hydroxylation is 1. The highest BCUT2D eigenvalue weighted by Gasteiger charge is 2.10. The van der Waals surface area contributed by atoms with Crippen molar-refractivity contribution < 1.29 is 9.47 Å². The summed E-state index contributed by atoms with van der Waals surface area (Å²) in [6.07, 6.45) is 0. The zero-order chi connectivity index (χ0) is 14.5. The Morgan fingerprint density at radius 3 is 2.55 bits per heavy atom. The molecule has 0 aliphatic carbocycles. The van der Waals surface area contributed by atoms with Crippen molar-refractivity contribution in [3.8, 4) is 11.5 Å². The Balaban J connectivity index is 2.23. The van der Waals surface area contributed by atoms with Crippen LogP contribution in [0.2, 0.25) is 0 Å². The van der Waals surface area contributed by atoms with Crippen molar-refractivity contribution in [3.05, 3.63) is 57.6 Å². The summed E-state index contributed by atoms with van der Waals surface area (Å²) in [5, 5.41) is 0.758. The van der Waals surface area contributed by atoms with Crippen LogP contribution in [0.4, 0.5) is 0 Å². The molecular weight excluding hydrogens is 384 g/mol. The van der Waals surface area contributed by atoms with E-state index in [1.807, 2.05) is 24.3 Å². The highest BCUT2D eigenvalue weighted by atomic mass is 79.9. The van der Waals surface area contributed by atoms with E-state index in [2.05, 4.69) is 50.9 Å². The van der Waals surface area contributed by atoms with Gasteiger partial charge in [-0.15, -0.1) is 0 Å². The van der Waals surface area contributed by atoms with Gasteiger partial charge in [0.05, 0.1) is 7.11 Å². The zero-order valence-electron chi connectivity index (χ0n) is 11.5. The second-order valence-electron chi connectivity index (χ2n) is 4.45. The fourth-order valence-electron chi connectivity index (χ4n) is 2.08. The Morgan fingerprint density at radius 2 is 1.85 bits per heavy atom. The van der Waals surface area contributed by atoms with Gasteiger partial charge in [0.1, 0.15) is 18.1 Å². The standard InChI is InChI=1S/C16H16Br2O2/c1-11-7-14(18)8-13(9-17)16(11)20-10-12-5-3-4-6-15(12)19-2/h3-8H,9-10H2,1-2H3. The quantitative estimate of drug-likeness (QED) is 0.640. The molecule has 0 aliphatic heterocycles. The molecule has 0 spiro atoms. The monoisotopic (exact) mass is 398 g/mol. The van der Waals surface area contributed by atoms with Crippen LogP contribution in [0, 0.1) is 6.92 Å². The molecule has 0 atom stereocenters. The van der Waals surface area contributed by atoms with Gasteiger partial charge in [-0.25, -0.2) is 0 Å². The molecule has 0 saturated heterocycles. The molecule has 0 heterocycles. The summed E-state index contributed by atoms with van der Waals surface area (Å²) in [5.74, 6) is 1.78. The third-order valence-corrected chi connectivity index (χ3v) is 4.09. The Morgan fingerprint density at radius 1 is 1.10 bits per heavy atom. The molecule has 0 aromatic heterocycles. The Kier molecular flexibility index (Phi) is 5.49. The Hall–Kier alpha value is -1.000. The Bertz CT molecular complexity index is 597. The van der Waals surface area contributed by atoms with E-state index in [0.29, 0.717) is 6.61 Å². The third kappa shape index (κ3) is 3.55. The van der Waals surface area contributed by atoms with Crippen molar-refractivity contribution in [3.63, 3.8) is 0 Å². The molecule has 0 saturated carbocycles. The molecule has 0 N–H and O–H groups in total. The predicted octanol–water partition coefficient (Wildman–Crippen LogP) is 5.24. The number of benzene rings is 2. The number of ether oxygens (including phenoxy) is 2. The summed E-state index contributed by atoms with van der Waals surface area (Å²) in [6.45, 7) is 2.54. The van der Waals surface area contributed by atoms with Crippen LogP contribution in [-0.2, 0) is 11.9 Å². The molecule has 2 nitrogen and oxygen atoms in total. The van der Waals surface area contributed by atoms with Gasteiger partial charge in [0, 0.05) is 20.9 Å². The molecule has 0 amide bonds. The maximum atomic E-state index is 6.01. The van der Waals surface area contributed by atoms with Crippen LogP contribution in [0.25, 0.3) is 0 Å². The van der Waals surface area contributed by atoms with Crippen LogP contribution in [0.5, 0.6) is 11.5 Å². The van der Waals surface area contributed by atoms with E-state index in [-0.39, 0.29) is 0 Å². The SMILES string of the molecule is COc1ccccc1COc1c(C)cc(Br)cc1CBr. The first-order chi connectivity index (χ1) is 9.65.